The van der Waals surface area contributed by atoms with Gasteiger partial charge in [-0.1, -0.05) is 0 Å². The SMILES string of the molecule is O=C1CC(C(=O)[O-])(C(=O)[O-])N1.[Pt+2]. The van der Waals surface area contributed by atoms with E-state index in [1.165, 1.54) is 0 Å². The number of rotatable bonds is 2. The second kappa shape index (κ2) is 3.23. The normalized spacial score (nSPS) is 18.2. The predicted octanol–water partition coefficient (Wildman–Crippen LogP) is -4.26. The van der Waals surface area contributed by atoms with Gasteiger partial charge in [0.25, 0.3) is 0 Å². The van der Waals surface area contributed by atoms with Crippen LogP contribution in [0.4, 0.5) is 0 Å². The van der Waals surface area contributed by atoms with Gasteiger partial charge in [-0.05, 0) is 0 Å². The molecule has 1 N–H and O–H groups in total. The van der Waals surface area contributed by atoms with Crippen molar-refractivity contribution in [3.63, 3.8) is 0 Å². The molecule has 68 valence electrons. The fourth-order valence-corrected chi connectivity index (χ4v) is 0.790. The van der Waals surface area contributed by atoms with Crippen molar-refractivity contribution in [3.05, 3.63) is 0 Å². The van der Waals surface area contributed by atoms with Crippen molar-refractivity contribution in [1.82, 2.24) is 5.32 Å². The number of amides is 1. The quantitative estimate of drug-likeness (QED) is 0.400. The topological polar surface area (TPSA) is 109 Å². The number of hydrogen-bond acceptors (Lipinski definition) is 5. The van der Waals surface area contributed by atoms with E-state index >= 15 is 0 Å². The van der Waals surface area contributed by atoms with Crippen LogP contribution >= 0.6 is 0 Å². The summed E-state index contributed by atoms with van der Waals surface area (Å²) in [5.74, 6) is -4.34. The Morgan fingerprint density at radius 2 is 1.67 bits per heavy atom. The van der Waals surface area contributed by atoms with Crippen LogP contribution in [0.5, 0.6) is 0 Å². The van der Waals surface area contributed by atoms with Gasteiger partial charge >= 0.3 is 21.1 Å². The van der Waals surface area contributed by atoms with Gasteiger partial charge in [-0.15, -0.1) is 0 Å². The molecule has 6 nitrogen and oxygen atoms in total. The fourth-order valence-electron chi connectivity index (χ4n) is 0.790. The molecule has 0 aromatic heterocycles. The molecule has 12 heavy (non-hydrogen) atoms. The Bertz CT molecular complexity index is 226. The minimum atomic E-state index is -2.29. The van der Waals surface area contributed by atoms with Crippen LogP contribution in [0.3, 0.4) is 0 Å². The van der Waals surface area contributed by atoms with Gasteiger partial charge in [-0.2, -0.15) is 0 Å². The number of β-lactam (4-membered cyclic amide) rings is 1. The maximum Gasteiger partial charge on any atom is 2.00 e. The third-order valence-electron chi connectivity index (χ3n) is 1.48. The van der Waals surface area contributed by atoms with Crippen LogP contribution in [0.1, 0.15) is 6.42 Å². The number of carbonyl (C=O) groups excluding carboxylic acids is 3. The van der Waals surface area contributed by atoms with E-state index < -0.39 is 29.8 Å². The monoisotopic (exact) mass is 352 g/mol. The molecule has 0 saturated carbocycles. The third-order valence-corrected chi connectivity index (χ3v) is 1.48. The molecule has 0 unspecified atom stereocenters. The molecular weight excluding hydrogens is 349 g/mol. The average molecular weight is 352 g/mol. The molecule has 1 aliphatic heterocycles. The number of hydrogen-bond donors (Lipinski definition) is 1. The molecule has 0 radical (unpaired) electrons. The maximum atomic E-state index is 10.2. The minimum Gasteiger partial charge on any atom is -0.547 e. The summed E-state index contributed by atoms with van der Waals surface area (Å²) in [7, 11) is 0. The van der Waals surface area contributed by atoms with Crippen molar-refractivity contribution < 1.29 is 45.7 Å². The molecule has 1 rings (SSSR count). The zero-order chi connectivity index (χ0) is 8.65. The van der Waals surface area contributed by atoms with E-state index in [0.29, 0.717) is 0 Å². The molecule has 0 bridgehead atoms. The van der Waals surface area contributed by atoms with Crippen molar-refractivity contribution in [2.24, 2.45) is 0 Å². The molecule has 0 aromatic carbocycles. The molecule has 1 heterocycles. The van der Waals surface area contributed by atoms with E-state index in [9.17, 15) is 24.6 Å². The van der Waals surface area contributed by atoms with Crippen LogP contribution in [0.2, 0.25) is 0 Å². The Labute approximate surface area is 81.2 Å². The summed E-state index contributed by atoms with van der Waals surface area (Å²) < 4.78 is 0. The first-order chi connectivity index (χ1) is 4.99. The Hall–Kier alpha value is -0.902. The summed E-state index contributed by atoms with van der Waals surface area (Å²) in [6, 6.07) is 0. The molecule has 1 amide bonds. The Balaban J connectivity index is 0.00000121. The Morgan fingerprint density at radius 1 is 1.33 bits per heavy atom. The van der Waals surface area contributed by atoms with E-state index in [1.807, 2.05) is 0 Å². The predicted molar refractivity (Wildman–Crippen MR) is 25.5 cm³/mol. The zero-order valence-corrected chi connectivity index (χ0v) is 7.84. The number of carboxylic acid groups (broad SMARTS) is 2. The van der Waals surface area contributed by atoms with Crippen LogP contribution in [-0.4, -0.2) is 23.4 Å². The molecule has 0 spiro atoms. The van der Waals surface area contributed by atoms with Gasteiger partial charge in [-0.25, -0.2) is 0 Å². The van der Waals surface area contributed by atoms with Gasteiger partial charge in [0.15, 0.2) is 0 Å². The smallest absolute Gasteiger partial charge is 0.547 e. The molecule has 1 fully saturated rings. The first-order valence-corrected chi connectivity index (χ1v) is 2.73. The van der Waals surface area contributed by atoms with Crippen LogP contribution in [0.15, 0.2) is 0 Å². The molecule has 7 heteroatoms. The van der Waals surface area contributed by atoms with Gasteiger partial charge in [0, 0.05) is 0 Å². The second-order valence-corrected chi connectivity index (χ2v) is 2.21. The van der Waals surface area contributed by atoms with E-state index in [0.717, 1.165) is 0 Å². The molecule has 0 aliphatic carbocycles. The standard InChI is InChI=1S/C5H5NO5.Pt/c7-2-1-5(6-2,3(8)9)4(10)11;/h1H2,(H,6,7)(H,8,9)(H,10,11);/q;+2/p-2. The van der Waals surface area contributed by atoms with Crippen LogP contribution in [-0.2, 0) is 35.4 Å². The Morgan fingerprint density at radius 3 is 1.75 bits per heavy atom. The summed E-state index contributed by atoms with van der Waals surface area (Å²) >= 11 is 0. The van der Waals surface area contributed by atoms with Crippen molar-refractivity contribution in [3.8, 4) is 0 Å². The van der Waals surface area contributed by atoms with Crippen LogP contribution < -0.4 is 15.5 Å². The van der Waals surface area contributed by atoms with Crippen LogP contribution in [0, 0.1) is 0 Å². The molecule has 0 atom stereocenters. The van der Waals surface area contributed by atoms with Gasteiger partial charge in [0.05, 0.1) is 18.4 Å². The summed E-state index contributed by atoms with van der Waals surface area (Å²) in [5, 5.41) is 22.0. The number of carboxylic acids is 2. The van der Waals surface area contributed by atoms with Gasteiger partial charge < -0.3 is 25.1 Å². The molecule has 1 aliphatic rings. The largest absolute Gasteiger partial charge is 2.00 e. The fraction of sp³-hybridized carbons (Fsp3) is 0.400. The van der Waals surface area contributed by atoms with Crippen LogP contribution in [0.25, 0.3) is 0 Å². The van der Waals surface area contributed by atoms with Crippen molar-refractivity contribution >= 4 is 17.8 Å². The summed E-state index contributed by atoms with van der Waals surface area (Å²) in [6.45, 7) is 0. The summed E-state index contributed by atoms with van der Waals surface area (Å²) in [4.78, 5) is 30.5. The number of carbonyl (C=O) groups is 3. The molecule has 0 aromatic rings. The van der Waals surface area contributed by atoms with Gasteiger partial charge in [0.2, 0.25) is 5.91 Å². The second-order valence-electron chi connectivity index (χ2n) is 2.21. The van der Waals surface area contributed by atoms with Crippen molar-refractivity contribution in [1.29, 1.82) is 0 Å². The van der Waals surface area contributed by atoms with Crippen molar-refractivity contribution in [2.75, 3.05) is 0 Å². The van der Waals surface area contributed by atoms with Gasteiger partial charge in [0.1, 0.15) is 5.54 Å². The van der Waals surface area contributed by atoms with E-state index in [2.05, 4.69) is 0 Å². The first-order valence-electron chi connectivity index (χ1n) is 2.73. The third kappa shape index (κ3) is 1.34. The number of nitrogens with one attached hydrogen (secondary N) is 1. The Kier molecular flexibility index (Phi) is 2.98. The summed E-state index contributed by atoms with van der Waals surface area (Å²) in [5.41, 5.74) is -2.29. The maximum absolute atomic E-state index is 10.2. The first kappa shape index (κ1) is 11.1. The van der Waals surface area contributed by atoms with Gasteiger partial charge in [-0.3, -0.25) is 4.79 Å². The zero-order valence-electron chi connectivity index (χ0n) is 5.56. The summed E-state index contributed by atoms with van der Waals surface area (Å²) in [6.07, 6.45) is -0.613. The van der Waals surface area contributed by atoms with E-state index in [1.54, 1.807) is 5.32 Å². The molecular formula is C5H3NO5Pt. The van der Waals surface area contributed by atoms with E-state index in [-0.39, 0.29) is 21.1 Å². The number of aliphatic carboxylic acids is 2. The average Bonchev–Trinajstić information content (AvgIpc) is 1.78. The molecule has 1 saturated heterocycles. The minimum absolute atomic E-state index is 0. The van der Waals surface area contributed by atoms with E-state index in [4.69, 9.17) is 0 Å². The van der Waals surface area contributed by atoms with Crippen molar-refractivity contribution in [2.45, 2.75) is 12.0 Å².